The van der Waals surface area contributed by atoms with E-state index in [1.54, 1.807) is 7.11 Å². The maximum Gasteiger partial charge on any atom is 0.149 e. The SMILES string of the molecule is COc1cc(C)c(-c2nc3ccccc3c3nc4ccccc4n23)c(C)c1. The minimum Gasteiger partial charge on any atom is -0.497 e. The molecule has 0 saturated carbocycles. The van der Waals surface area contributed by atoms with E-state index < -0.39 is 0 Å². The number of hydrogen-bond donors (Lipinski definition) is 0. The number of aryl methyl sites for hydroxylation is 2. The third-order valence-electron chi connectivity index (χ3n) is 5.11. The topological polar surface area (TPSA) is 39.4 Å². The lowest BCUT2D eigenvalue weighted by Crippen LogP contribution is -2.01. The van der Waals surface area contributed by atoms with Gasteiger partial charge in [-0.25, -0.2) is 9.97 Å². The largest absolute Gasteiger partial charge is 0.497 e. The molecule has 0 radical (unpaired) electrons. The number of methoxy groups -OCH3 is 1. The van der Waals surface area contributed by atoms with Crippen molar-refractivity contribution in [3.05, 3.63) is 71.8 Å². The third-order valence-corrected chi connectivity index (χ3v) is 5.11. The second kappa shape index (κ2) is 5.81. The van der Waals surface area contributed by atoms with Gasteiger partial charge in [0.05, 0.1) is 23.7 Å². The molecule has 0 amide bonds. The van der Waals surface area contributed by atoms with E-state index in [9.17, 15) is 0 Å². The summed E-state index contributed by atoms with van der Waals surface area (Å²) < 4.78 is 7.62. The first-order valence-electron chi connectivity index (χ1n) is 8.99. The maximum atomic E-state index is 5.44. The standard InChI is InChI=1S/C23H19N3O/c1-14-12-16(27-3)13-15(2)21(14)23-24-18-9-5-4-8-17(18)22-25-19-10-6-7-11-20(19)26(22)23/h4-13H,1-3H3. The van der Waals surface area contributed by atoms with Gasteiger partial charge in [0.25, 0.3) is 0 Å². The highest BCUT2D eigenvalue weighted by Crippen LogP contribution is 2.34. The lowest BCUT2D eigenvalue weighted by Gasteiger charge is -2.15. The van der Waals surface area contributed by atoms with Gasteiger partial charge in [-0.3, -0.25) is 4.40 Å². The molecular weight excluding hydrogens is 334 g/mol. The Bertz CT molecular complexity index is 1310. The van der Waals surface area contributed by atoms with Crippen molar-refractivity contribution in [2.45, 2.75) is 13.8 Å². The molecule has 0 spiro atoms. The number of nitrogens with zero attached hydrogens (tertiary/aromatic N) is 3. The number of fused-ring (bicyclic) bond motifs is 5. The van der Waals surface area contributed by atoms with Crippen molar-refractivity contribution in [1.29, 1.82) is 0 Å². The Morgan fingerprint density at radius 2 is 1.48 bits per heavy atom. The number of ether oxygens (including phenoxy) is 1. The molecule has 0 aliphatic rings. The van der Waals surface area contributed by atoms with Gasteiger partial charge in [-0.05, 0) is 61.4 Å². The summed E-state index contributed by atoms with van der Waals surface area (Å²) in [6.07, 6.45) is 0. The molecule has 0 aliphatic heterocycles. The van der Waals surface area contributed by atoms with Crippen LogP contribution in [0, 0.1) is 13.8 Å². The van der Waals surface area contributed by atoms with Gasteiger partial charge in [-0.1, -0.05) is 24.3 Å². The summed E-state index contributed by atoms with van der Waals surface area (Å²) >= 11 is 0. The van der Waals surface area contributed by atoms with E-state index in [0.29, 0.717) is 0 Å². The highest BCUT2D eigenvalue weighted by atomic mass is 16.5. The summed E-state index contributed by atoms with van der Waals surface area (Å²) in [7, 11) is 1.70. The van der Waals surface area contributed by atoms with Crippen molar-refractivity contribution in [2.24, 2.45) is 0 Å². The van der Waals surface area contributed by atoms with Crippen LogP contribution < -0.4 is 4.74 Å². The lowest BCUT2D eigenvalue weighted by atomic mass is 10.0. The second-order valence-corrected chi connectivity index (χ2v) is 6.85. The average molecular weight is 353 g/mol. The minimum atomic E-state index is 0.862. The van der Waals surface area contributed by atoms with Crippen LogP contribution in [0.1, 0.15) is 11.1 Å². The molecule has 5 aromatic rings. The monoisotopic (exact) mass is 353 g/mol. The molecule has 5 rings (SSSR count). The number of aromatic nitrogens is 3. The fourth-order valence-electron chi connectivity index (χ4n) is 3.91. The van der Waals surface area contributed by atoms with Crippen LogP contribution in [0.15, 0.2) is 60.7 Å². The summed E-state index contributed by atoms with van der Waals surface area (Å²) in [5.41, 5.74) is 7.31. The first kappa shape index (κ1) is 15.8. The minimum absolute atomic E-state index is 0.862. The van der Waals surface area contributed by atoms with E-state index in [2.05, 4.69) is 48.6 Å². The summed E-state index contributed by atoms with van der Waals surface area (Å²) in [4.78, 5) is 9.98. The summed E-state index contributed by atoms with van der Waals surface area (Å²) in [5, 5.41) is 1.06. The summed E-state index contributed by atoms with van der Waals surface area (Å²) in [5.74, 6) is 1.77. The van der Waals surface area contributed by atoms with Crippen LogP contribution in [0.25, 0.3) is 39.0 Å². The van der Waals surface area contributed by atoms with E-state index >= 15 is 0 Å². The number of hydrogen-bond acceptors (Lipinski definition) is 3. The van der Waals surface area contributed by atoms with Crippen LogP contribution in [-0.4, -0.2) is 21.5 Å². The lowest BCUT2D eigenvalue weighted by molar-refractivity contribution is 0.414. The molecule has 27 heavy (non-hydrogen) atoms. The molecule has 0 N–H and O–H groups in total. The van der Waals surface area contributed by atoms with Gasteiger partial charge in [-0.2, -0.15) is 0 Å². The van der Waals surface area contributed by atoms with Gasteiger partial charge >= 0.3 is 0 Å². The zero-order valence-corrected chi connectivity index (χ0v) is 15.5. The van der Waals surface area contributed by atoms with Crippen LogP contribution in [0.5, 0.6) is 5.75 Å². The molecular formula is C23H19N3O. The third kappa shape index (κ3) is 2.30. The molecule has 4 heteroatoms. The molecule has 0 fully saturated rings. The fourth-order valence-corrected chi connectivity index (χ4v) is 3.91. The Balaban J connectivity index is 2.00. The van der Waals surface area contributed by atoms with Crippen LogP contribution in [0.4, 0.5) is 0 Å². The molecule has 0 saturated heterocycles. The Morgan fingerprint density at radius 1 is 0.815 bits per heavy atom. The van der Waals surface area contributed by atoms with Gasteiger partial charge in [0.15, 0.2) is 0 Å². The molecule has 2 aromatic heterocycles. The van der Waals surface area contributed by atoms with Crippen LogP contribution in [0.3, 0.4) is 0 Å². The van der Waals surface area contributed by atoms with Gasteiger partial charge in [-0.15, -0.1) is 0 Å². The first-order chi connectivity index (χ1) is 13.2. The van der Waals surface area contributed by atoms with Gasteiger partial charge in [0.1, 0.15) is 17.2 Å². The van der Waals surface area contributed by atoms with Crippen molar-refractivity contribution in [1.82, 2.24) is 14.4 Å². The zero-order valence-electron chi connectivity index (χ0n) is 15.5. The van der Waals surface area contributed by atoms with E-state index in [0.717, 1.165) is 55.8 Å². The highest BCUT2D eigenvalue weighted by Gasteiger charge is 2.18. The highest BCUT2D eigenvalue weighted by molar-refractivity contribution is 5.98. The van der Waals surface area contributed by atoms with Crippen molar-refractivity contribution in [2.75, 3.05) is 7.11 Å². The van der Waals surface area contributed by atoms with E-state index in [-0.39, 0.29) is 0 Å². The van der Waals surface area contributed by atoms with Crippen LogP contribution in [-0.2, 0) is 0 Å². The van der Waals surface area contributed by atoms with E-state index in [1.807, 2.05) is 30.3 Å². The molecule has 3 aromatic carbocycles. The Kier molecular flexibility index (Phi) is 3.41. The van der Waals surface area contributed by atoms with Crippen molar-refractivity contribution >= 4 is 27.6 Å². The molecule has 0 unspecified atom stereocenters. The smallest absolute Gasteiger partial charge is 0.149 e. The normalized spacial score (nSPS) is 11.5. The van der Waals surface area contributed by atoms with Gasteiger partial charge in [0, 0.05) is 10.9 Å². The first-order valence-corrected chi connectivity index (χ1v) is 8.99. The number of imidazole rings is 1. The number of benzene rings is 3. The fraction of sp³-hybridized carbons (Fsp3) is 0.130. The summed E-state index contributed by atoms with van der Waals surface area (Å²) in [6.45, 7) is 4.21. The van der Waals surface area contributed by atoms with Crippen LogP contribution >= 0.6 is 0 Å². The Hall–Kier alpha value is -3.40. The van der Waals surface area contributed by atoms with Crippen molar-refractivity contribution in [3.63, 3.8) is 0 Å². The summed E-state index contributed by atoms with van der Waals surface area (Å²) in [6, 6.07) is 20.5. The second-order valence-electron chi connectivity index (χ2n) is 6.85. The Morgan fingerprint density at radius 3 is 2.22 bits per heavy atom. The molecule has 2 heterocycles. The van der Waals surface area contributed by atoms with Gasteiger partial charge < -0.3 is 4.74 Å². The van der Waals surface area contributed by atoms with Gasteiger partial charge in [0.2, 0.25) is 0 Å². The molecule has 0 atom stereocenters. The quantitative estimate of drug-likeness (QED) is 0.431. The van der Waals surface area contributed by atoms with Crippen LogP contribution in [0.2, 0.25) is 0 Å². The predicted octanol–water partition coefficient (Wildman–Crippen LogP) is 5.33. The molecule has 0 bridgehead atoms. The average Bonchev–Trinajstić information content (AvgIpc) is 3.07. The van der Waals surface area contributed by atoms with Crippen molar-refractivity contribution < 1.29 is 4.74 Å². The molecule has 132 valence electrons. The van der Waals surface area contributed by atoms with Crippen molar-refractivity contribution in [3.8, 4) is 17.1 Å². The number of rotatable bonds is 2. The van der Waals surface area contributed by atoms with E-state index in [4.69, 9.17) is 14.7 Å². The molecule has 4 nitrogen and oxygen atoms in total. The zero-order chi connectivity index (χ0) is 18.5. The molecule has 0 aliphatic carbocycles. The van der Waals surface area contributed by atoms with E-state index in [1.165, 1.54) is 0 Å². The Labute approximate surface area is 157 Å². The number of para-hydroxylation sites is 3. The predicted molar refractivity (Wildman–Crippen MR) is 109 cm³/mol. The maximum absolute atomic E-state index is 5.44.